The zero-order valence-electron chi connectivity index (χ0n) is 13.2. The SMILES string of the molecule is COCC1(C(=O)N2CCC(N(C)C)CC2)CCNCC1. The molecule has 0 saturated carbocycles. The zero-order chi connectivity index (χ0) is 14.6. The molecular weight excluding hydrogens is 254 g/mol. The van der Waals surface area contributed by atoms with Gasteiger partial charge in [-0.25, -0.2) is 0 Å². The van der Waals surface area contributed by atoms with E-state index in [9.17, 15) is 4.79 Å². The van der Waals surface area contributed by atoms with Gasteiger partial charge in [-0.15, -0.1) is 0 Å². The second-order valence-electron chi connectivity index (χ2n) is 6.45. The molecule has 20 heavy (non-hydrogen) atoms. The molecule has 0 aliphatic carbocycles. The molecule has 0 atom stereocenters. The van der Waals surface area contributed by atoms with E-state index in [1.807, 2.05) is 0 Å². The van der Waals surface area contributed by atoms with Gasteiger partial charge in [-0.2, -0.15) is 0 Å². The summed E-state index contributed by atoms with van der Waals surface area (Å²) < 4.78 is 5.37. The first-order valence-electron chi connectivity index (χ1n) is 7.74. The number of rotatable bonds is 4. The molecule has 0 aromatic carbocycles. The Balaban J connectivity index is 1.98. The number of ether oxygens (including phenoxy) is 1. The second kappa shape index (κ2) is 6.87. The van der Waals surface area contributed by atoms with Crippen molar-refractivity contribution in [3.63, 3.8) is 0 Å². The lowest BCUT2D eigenvalue weighted by molar-refractivity contribution is -0.149. The topological polar surface area (TPSA) is 44.8 Å². The quantitative estimate of drug-likeness (QED) is 0.819. The van der Waals surface area contributed by atoms with Crippen molar-refractivity contribution in [3.8, 4) is 0 Å². The van der Waals surface area contributed by atoms with Crippen LogP contribution in [-0.2, 0) is 9.53 Å². The standard InChI is InChI=1S/C15H29N3O2/c1-17(2)13-4-10-18(11-5-13)14(19)15(12-20-3)6-8-16-9-7-15/h13,16H,4-12H2,1-3H3. The maximum Gasteiger partial charge on any atom is 0.231 e. The fourth-order valence-electron chi connectivity index (χ4n) is 3.52. The third-order valence-electron chi connectivity index (χ3n) is 4.92. The Bertz CT molecular complexity index is 314. The number of piperidine rings is 2. The van der Waals surface area contributed by atoms with Crippen LogP contribution < -0.4 is 5.32 Å². The molecule has 2 fully saturated rings. The van der Waals surface area contributed by atoms with Gasteiger partial charge in [0, 0.05) is 26.2 Å². The normalized spacial score (nSPS) is 24.1. The highest BCUT2D eigenvalue weighted by Gasteiger charge is 2.42. The molecule has 1 N–H and O–H groups in total. The second-order valence-corrected chi connectivity index (χ2v) is 6.45. The molecule has 0 aromatic heterocycles. The number of hydrogen-bond donors (Lipinski definition) is 1. The van der Waals surface area contributed by atoms with Gasteiger partial charge in [0.1, 0.15) is 0 Å². The molecule has 5 heteroatoms. The number of hydrogen-bond acceptors (Lipinski definition) is 4. The van der Waals surface area contributed by atoms with Crippen LogP contribution in [0.5, 0.6) is 0 Å². The predicted molar refractivity (Wildman–Crippen MR) is 79.7 cm³/mol. The summed E-state index contributed by atoms with van der Waals surface area (Å²) in [5, 5.41) is 3.34. The molecule has 0 bridgehead atoms. The molecule has 0 aromatic rings. The Morgan fingerprint density at radius 3 is 2.40 bits per heavy atom. The van der Waals surface area contributed by atoms with E-state index in [-0.39, 0.29) is 5.41 Å². The van der Waals surface area contributed by atoms with Gasteiger partial charge in [-0.05, 0) is 52.9 Å². The van der Waals surface area contributed by atoms with Crippen molar-refractivity contribution >= 4 is 5.91 Å². The Hall–Kier alpha value is -0.650. The average molecular weight is 283 g/mol. The monoisotopic (exact) mass is 283 g/mol. The first-order valence-corrected chi connectivity index (χ1v) is 7.74. The van der Waals surface area contributed by atoms with Crippen LogP contribution in [0.4, 0.5) is 0 Å². The van der Waals surface area contributed by atoms with Crippen LogP contribution in [-0.4, -0.2) is 75.7 Å². The minimum Gasteiger partial charge on any atom is -0.384 e. The molecule has 0 radical (unpaired) electrons. The van der Waals surface area contributed by atoms with Crippen molar-refractivity contribution in [3.05, 3.63) is 0 Å². The third-order valence-corrected chi connectivity index (χ3v) is 4.92. The van der Waals surface area contributed by atoms with E-state index >= 15 is 0 Å². The number of nitrogens with one attached hydrogen (secondary N) is 1. The molecule has 2 aliphatic heterocycles. The average Bonchev–Trinajstić information content (AvgIpc) is 2.48. The van der Waals surface area contributed by atoms with Crippen LogP contribution in [0, 0.1) is 5.41 Å². The van der Waals surface area contributed by atoms with Gasteiger partial charge in [0.05, 0.1) is 12.0 Å². The first kappa shape index (κ1) is 15.7. The highest BCUT2D eigenvalue weighted by atomic mass is 16.5. The summed E-state index contributed by atoms with van der Waals surface area (Å²) in [5.41, 5.74) is -0.287. The molecule has 0 spiro atoms. The summed E-state index contributed by atoms with van der Waals surface area (Å²) in [5.74, 6) is 0.318. The molecule has 1 amide bonds. The van der Waals surface area contributed by atoms with Crippen LogP contribution in [0.1, 0.15) is 25.7 Å². The summed E-state index contributed by atoms with van der Waals surface area (Å²) in [7, 11) is 5.96. The van der Waals surface area contributed by atoms with Gasteiger partial charge in [0.2, 0.25) is 5.91 Å². The maximum atomic E-state index is 12.9. The van der Waals surface area contributed by atoms with Crippen molar-refractivity contribution < 1.29 is 9.53 Å². The van der Waals surface area contributed by atoms with Gasteiger partial charge in [-0.1, -0.05) is 0 Å². The van der Waals surface area contributed by atoms with E-state index in [4.69, 9.17) is 4.74 Å². The van der Waals surface area contributed by atoms with Crippen LogP contribution >= 0.6 is 0 Å². The van der Waals surface area contributed by atoms with Crippen LogP contribution in [0.25, 0.3) is 0 Å². The minimum absolute atomic E-state index is 0.287. The fourth-order valence-corrected chi connectivity index (χ4v) is 3.52. The smallest absolute Gasteiger partial charge is 0.231 e. The van der Waals surface area contributed by atoms with E-state index in [2.05, 4.69) is 29.2 Å². The van der Waals surface area contributed by atoms with Gasteiger partial charge in [0.25, 0.3) is 0 Å². The third kappa shape index (κ3) is 3.32. The number of methoxy groups -OCH3 is 1. The van der Waals surface area contributed by atoms with E-state index in [0.29, 0.717) is 18.6 Å². The molecule has 2 heterocycles. The van der Waals surface area contributed by atoms with Crippen LogP contribution in [0.3, 0.4) is 0 Å². The highest BCUT2D eigenvalue weighted by Crippen LogP contribution is 2.32. The lowest BCUT2D eigenvalue weighted by Crippen LogP contribution is -2.54. The summed E-state index contributed by atoms with van der Waals surface area (Å²) >= 11 is 0. The first-order chi connectivity index (χ1) is 9.59. The fraction of sp³-hybridized carbons (Fsp3) is 0.933. The van der Waals surface area contributed by atoms with Crippen molar-refractivity contribution in [1.82, 2.24) is 15.1 Å². The van der Waals surface area contributed by atoms with E-state index in [1.54, 1.807) is 7.11 Å². The summed E-state index contributed by atoms with van der Waals surface area (Å²) in [6.07, 6.45) is 3.96. The predicted octanol–water partition coefficient (Wildman–Crippen LogP) is 0.555. The number of carbonyl (C=O) groups is 1. The van der Waals surface area contributed by atoms with Gasteiger partial charge >= 0.3 is 0 Å². The van der Waals surface area contributed by atoms with Crippen molar-refractivity contribution in [2.75, 3.05) is 54.0 Å². The Labute approximate surface area is 122 Å². The van der Waals surface area contributed by atoms with Crippen molar-refractivity contribution in [1.29, 1.82) is 0 Å². The molecule has 116 valence electrons. The number of nitrogens with zero attached hydrogens (tertiary/aromatic N) is 2. The zero-order valence-corrected chi connectivity index (χ0v) is 13.2. The largest absolute Gasteiger partial charge is 0.384 e. The lowest BCUT2D eigenvalue weighted by atomic mass is 9.78. The Morgan fingerprint density at radius 2 is 1.90 bits per heavy atom. The maximum absolute atomic E-state index is 12.9. The summed E-state index contributed by atoms with van der Waals surface area (Å²) in [6.45, 7) is 4.18. The summed E-state index contributed by atoms with van der Waals surface area (Å²) in [4.78, 5) is 17.3. The number of amides is 1. The van der Waals surface area contributed by atoms with E-state index in [1.165, 1.54) is 0 Å². The molecule has 2 rings (SSSR count). The number of carbonyl (C=O) groups excluding carboxylic acids is 1. The van der Waals surface area contributed by atoms with Crippen LogP contribution in [0.2, 0.25) is 0 Å². The molecule has 0 unspecified atom stereocenters. The minimum atomic E-state index is -0.287. The van der Waals surface area contributed by atoms with E-state index in [0.717, 1.165) is 51.9 Å². The Morgan fingerprint density at radius 1 is 1.30 bits per heavy atom. The molecular formula is C15H29N3O2. The molecule has 2 aliphatic rings. The molecule has 2 saturated heterocycles. The van der Waals surface area contributed by atoms with Crippen molar-refractivity contribution in [2.24, 2.45) is 5.41 Å². The van der Waals surface area contributed by atoms with Gasteiger partial charge < -0.3 is 19.9 Å². The molecule has 5 nitrogen and oxygen atoms in total. The summed E-state index contributed by atoms with van der Waals surface area (Å²) in [6, 6.07) is 0.616. The van der Waals surface area contributed by atoms with Gasteiger partial charge in [-0.3, -0.25) is 4.79 Å². The lowest BCUT2D eigenvalue weighted by Gasteiger charge is -2.42. The van der Waals surface area contributed by atoms with Crippen molar-refractivity contribution in [2.45, 2.75) is 31.7 Å². The van der Waals surface area contributed by atoms with Gasteiger partial charge in [0.15, 0.2) is 0 Å². The number of likely N-dealkylation sites (tertiary alicyclic amines) is 1. The van der Waals surface area contributed by atoms with E-state index < -0.39 is 0 Å². The Kier molecular flexibility index (Phi) is 5.41. The highest BCUT2D eigenvalue weighted by molar-refractivity contribution is 5.83. The van der Waals surface area contributed by atoms with Crippen LogP contribution in [0.15, 0.2) is 0 Å².